The summed E-state index contributed by atoms with van der Waals surface area (Å²) in [5.41, 5.74) is 1.08. The molecule has 0 unspecified atom stereocenters. The van der Waals surface area contributed by atoms with Gasteiger partial charge in [-0.1, -0.05) is 19.1 Å². The van der Waals surface area contributed by atoms with Crippen molar-refractivity contribution in [1.82, 2.24) is 0 Å². The molecular weight excluding hydrogens is 437 g/mol. The van der Waals surface area contributed by atoms with Gasteiger partial charge in [0.1, 0.15) is 11.5 Å². The lowest BCUT2D eigenvalue weighted by molar-refractivity contribution is -0.138. The van der Waals surface area contributed by atoms with E-state index in [-0.39, 0.29) is 6.42 Å². The van der Waals surface area contributed by atoms with Crippen LogP contribution >= 0.6 is 0 Å². The van der Waals surface area contributed by atoms with Crippen LogP contribution in [0.5, 0.6) is 11.5 Å². The summed E-state index contributed by atoms with van der Waals surface area (Å²) in [6, 6.07) is 13.0. The van der Waals surface area contributed by atoms with E-state index in [1.807, 2.05) is 6.92 Å². The summed E-state index contributed by atoms with van der Waals surface area (Å²) in [6.45, 7) is 2.59. The number of carbonyl (C=O) groups excluding carboxylic acids is 2. The maximum Gasteiger partial charge on any atom is 0.389 e. The molecule has 0 saturated heterocycles. The molecule has 2 aromatic carbocycles. The fraction of sp³-hybridized carbons (Fsp3) is 0.360. The topological polar surface area (TPSA) is 61.8 Å². The number of esters is 2. The molecule has 0 fully saturated rings. The minimum Gasteiger partial charge on any atom is -0.494 e. The first-order valence-corrected chi connectivity index (χ1v) is 10.7. The van der Waals surface area contributed by atoms with Crippen LogP contribution in [0.3, 0.4) is 0 Å². The van der Waals surface area contributed by atoms with Crippen molar-refractivity contribution in [2.75, 3.05) is 13.2 Å². The standard InChI is InChI=1S/C25H27F3O5/c1-2-17-32-23(29)15-8-19-6-11-22(12-7-19)33-24(30)20-9-13-21(14-10-20)31-18-5-3-4-16-25(26,27)28/h6-15H,2-5,16-18H2,1H3. The van der Waals surface area contributed by atoms with E-state index in [1.54, 1.807) is 54.6 Å². The summed E-state index contributed by atoms with van der Waals surface area (Å²) in [5, 5.41) is 0. The van der Waals surface area contributed by atoms with E-state index in [0.717, 1.165) is 12.0 Å². The van der Waals surface area contributed by atoms with Crippen LogP contribution in [0.2, 0.25) is 0 Å². The molecule has 0 aliphatic heterocycles. The molecule has 178 valence electrons. The van der Waals surface area contributed by atoms with Crippen molar-refractivity contribution in [3.8, 4) is 11.5 Å². The zero-order valence-corrected chi connectivity index (χ0v) is 18.4. The van der Waals surface area contributed by atoms with Crippen LogP contribution in [0.1, 0.15) is 54.9 Å². The predicted molar refractivity (Wildman–Crippen MR) is 118 cm³/mol. The summed E-state index contributed by atoms with van der Waals surface area (Å²) < 4.78 is 52.1. The average molecular weight is 464 g/mol. The Morgan fingerprint density at radius 1 is 0.879 bits per heavy atom. The van der Waals surface area contributed by atoms with Crippen LogP contribution in [-0.2, 0) is 9.53 Å². The van der Waals surface area contributed by atoms with E-state index in [9.17, 15) is 22.8 Å². The molecule has 0 saturated carbocycles. The Balaban J connectivity index is 1.76. The van der Waals surface area contributed by atoms with E-state index in [2.05, 4.69) is 0 Å². The van der Waals surface area contributed by atoms with Crippen LogP contribution in [0.4, 0.5) is 13.2 Å². The third-order valence-corrected chi connectivity index (χ3v) is 4.41. The van der Waals surface area contributed by atoms with Gasteiger partial charge in [0.05, 0.1) is 18.8 Å². The quantitative estimate of drug-likeness (QED) is 0.158. The molecule has 8 heteroatoms. The second-order valence-corrected chi connectivity index (χ2v) is 7.26. The first kappa shape index (κ1) is 26.0. The Labute approximate surface area is 191 Å². The normalized spacial score (nSPS) is 11.4. The number of hydrogen-bond donors (Lipinski definition) is 0. The summed E-state index contributed by atoms with van der Waals surface area (Å²) in [4.78, 5) is 23.8. The van der Waals surface area contributed by atoms with Gasteiger partial charge >= 0.3 is 18.1 Å². The molecule has 2 aromatic rings. The fourth-order valence-corrected chi connectivity index (χ4v) is 2.71. The SMILES string of the molecule is CCCOC(=O)C=Cc1ccc(OC(=O)c2ccc(OCCCCCC(F)(F)F)cc2)cc1. The number of benzene rings is 2. The first-order chi connectivity index (χ1) is 15.8. The third kappa shape index (κ3) is 10.7. The average Bonchev–Trinajstić information content (AvgIpc) is 2.79. The highest BCUT2D eigenvalue weighted by molar-refractivity contribution is 5.91. The number of unbranched alkanes of at least 4 members (excludes halogenated alkanes) is 2. The Hall–Kier alpha value is -3.29. The Bertz CT molecular complexity index is 903. The molecule has 0 bridgehead atoms. The summed E-state index contributed by atoms with van der Waals surface area (Å²) in [5.74, 6) is -0.0813. The van der Waals surface area contributed by atoms with Gasteiger partial charge in [-0.3, -0.25) is 0 Å². The van der Waals surface area contributed by atoms with E-state index in [4.69, 9.17) is 14.2 Å². The molecule has 0 atom stereocenters. The monoisotopic (exact) mass is 464 g/mol. The third-order valence-electron chi connectivity index (χ3n) is 4.41. The van der Waals surface area contributed by atoms with Crippen molar-refractivity contribution < 1.29 is 37.0 Å². The van der Waals surface area contributed by atoms with Gasteiger partial charge in [0, 0.05) is 12.5 Å². The van der Waals surface area contributed by atoms with Crippen LogP contribution < -0.4 is 9.47 Å². The predicted octanol–water partition coefficient (Wildman–Crippen LogP) is 6.37. The molecule has 0 N–H and O–H groups in total. The minimum absolute atomic E-state index is 0.0837. The number of alkyl halides is 3. The van der Waals surface area contributed by atoms with Gasteiger partial charge < -0.3 is 14.2 Å². The molecule has 0 amide bonds. The van der Waals surface area contributed by atoms with Crippen molar-refractivity contribution in [2.24, 2.45) is 0 Å². The minimum atomic E-state index is -4.12. The van der Waals surface area contributed by atoms with Gasteiger partial charge in [-0.15, -0.1) is 0 Å². The molecule has 0 aliphatic carbocycles. The van der Waals surface area contributed by atoms with E-state index < -0.39 is 24.5 Å². The molecular formula is C25H27F3O5. The van der Waals surface area contributed by atoms with Crippen LogP contribution in [0, 0.1) is 0 Å². The Morgan fingerprint density at radius 3 is 2.18 bits per heavy atom. The highest BCUT2D eigenvalue weighted by Gasteiger charge is 2.25. The smallest absolute Gasteiger partial charge is 0.389 e. The second-order valence-electron chi connectivity index (χ2n) is 7.26. The van der Waals surface area contributed by atoms with Gasteiger partial charge in [0.15, 0.2) is 0 Å². The highest BCUT2D eigenvalue weighted by atomic mass is 19.4. The van der Waals surface area contributed by atoms with Gasteiger partial charge in [0.2, 0.25) is 0 Å². The van der Waals surface area contributed by atoms with Gasteiger partial charge in [-0.05, 0) is 73.7 Å². The number of carbonyl (C=O) groups is 2. The van der Waals surface area contributed by atoms with Crippen molar-refractivity contribution in [2.45, 2.75) is 45.2 Å². The van der Waals surface area contributed by atoms with Crippen molar-refractivity contribution in [3.05, 3.63) is 65.7 Å². The Morgan fingerprint density at radius 2 is 1.55 bits per heavy atom. The number of halogens is 3. The maximum absolute atomic E-state index is 12.3. The fourth-order valence-electron chi connectivity index (χ4n) is 2.71. The zero-order valence-electron chi connectivity index (χ0n) is 18.4. The lowest BCUT2D eigenvalue weighted by atomic mass is 10.2. The molecule has 0 heterocycles. The molecule has 2 rings (SSSR count). The van der Waals surface area contributed by atoms with E-state index >= 15 is 0 Å². The first-order valence-electron chi connectivity index (χ1n) is 10.7. The number of ether oxygens (including phenoxy) is 3. The van der Waals surface area contributed by atoms with E-state index in [1.165, 1.54) is 6.08 Å². The van der Waals surface area contributed by atoms with Crippen LogP contribution in [-0.4, -0.2) is 31.3 Å². The largest absolute Gasteiger partial charge is 0.494 e. The molecule has 0 radical (unpaired) electrons. The zero-order chi connectivity index (χ0) is 24.1. The second kappa shape index (κ2) is 13.3. The number of rotatable bonds is 12. The van der Waals surface area contributed by atoms with E-state index in [0.29, 0.717) is 43.1 Å². The Kier molecular flexibility index (Phi) is 10.5. The molecule has 0 aliphatic rings. The highest BCUT2D eigenvalue weighted by Crippen LogP contribution is 2.23. The summed E-state index contributed by atoms with van der Waals surface area (Å²) >= 11 is 0. The molecule has 0 spiro atoms. The summed E-state index contributed by atoms with van der Waals surface area (Å²) in [7, 11) is 0. The lowest BCUT2D eigenvalue weighted by Crippen LogP contribution is -2.08. The van der Waals surface area contributed by atoms with Crippen molar-refractivity contribution in [1.29, 1.82) is 0 Å². The maximum atomic E-state index is 12.3. The molecule has 33 heavy (non-hydrogen) atoms. The molecule has 0 aromatic heterocycles. The summed E-state index contributed by atoms with van der Waals surface area (Å²) in [6.07, 6.45) is -0.164. The van der Waals surface area contributed by atoms with Crippen LogP contribution in [0.15, 0.2) is 54.6 Å². The van der Waals surface area contributed by atoms with Gasteiger partial charge in [-0.2, -0.15) is 13.2 Å². The van der Waals surface area contributed by atoms with Crippen molar-refractivity contribution >= 4 is 18.0 Å². The van der Waals surface area contributed by atoms with Gasteiger partial charge in [-0.25, -0.2) is 9.59 Å². The lowest BCUT2D eigenvalue weighted by Gasteiger charge is -2.08. The number of hydrogen-bond acceptors (Lipinski definition) is 5. The van der Waals surface area contributed by atoms with Crippen LogP contribution in [0.25, 0.3) is 6.08 Å². The van der Waals surface area contributed by atoms with Crippen molar-refractivity contribution in [3.63, 3.8) is 0 Å². The molecule has 5 nitrogen and oxygen atoms in total. The van der Waals surface area contributed by atoms with Gasteiger partial charge in [0.25, 0.3) is 0 Å².